The Balaban J connectivity index is 1.93. The van der Waals surface area contributed by atoms with Crippen molar-refractivity contribution in [3.8, 4) is 0 Å². The lowest BCUT2D eigenvalue weighted by Gasteiger charge is -2.30. The van der Waals surface area contributed by atoms with Crippen molar-refractivity contribution in [3.05, 3.63) is 35.9 Å². The summed E-state index contributed by atoms with van der Waals surface area (Å²) in [5.74, 6) is 0. The molecule has 0 aliphatic carbocycles. The third-order valence-electron chi connectivity index (χ3n) is 3.51. The van der Waals surface area contributed by atoms with E-state index < -0.39 is 25.5 Å². The molecule has 0 unspecified atom stereocenters. The van der Waals surface area contributed by atoms with Gasteiger partial charge in [-0.05, 0) is 18.4 Å². The van der Waals surface area contributed by atoms with Crippen LogP contribution >= 0.6 is 0 Å². The van der Waals surface area contributed by atoms with E-state index in [-0.39, 0.29) is 32.5 Å². The summed E-state index contributed by atoms with van der Waals surface area (Å²) in [6.45, 7) is 0.523. The number of benzene rings is 1. The lowest BCUT2D eigenvalue weighted by molar-refractivity contribution is 0.341. The zero-order valence-corrected chi connectivity index (χ0v) is 13.1. The van der Waals surface area contributed by atoms with Crippen LogP contribution in [0.1, 0.15) is 18.4 Å². The van der Waals surface area contributed by atoms with E-state index in [4.69, 9.17) is 5.14 Å². The van der Waals surface area contributed by atoms with Crippen LogP contribution in [-0.2, 0) is 26.8 Å². The van der Waals surface area contributed by atoms with E-state index in [1.165, 1.54) is 4.31 Å². The summed E-state index contributed by atoms with van der Waals surface area (Å²) in [5.41, 5.74) is 0.862. The first-order valence-electron chi connectivity index (χ1n) is 6.59. The van der Waals surface area contributed by atoms with Crippen molar-refractivity contribution in [2.75, 3.05) is 13.1 Å². The smallest absolute Gasteiger partial charge is 0.228 e. The molecule has 7 nitrogen and oxygen atoms in total. The Morgan fingerprint density at radius 1 is 1.10 bits per heavy atom. The third kappa shape index (κ3) is 4.48. The second-order valence-electron chi connectivity index (χ2n) is 5.00. The molecule has 0 amide bonds. The molecule has 1 aromatic carbocycles. The van der Waals surface area contributed by atoms with E-state index in [0.717, 1.165) is 5.56 Å². The Morgan fingerprint density at radius 2 is 1.67 bits per heavy atom. The fourth-order valence-electron chi connectivity index (χ4n) is 2.26. The summed E-state index contributed by atoms with van der Waals surface area (Å²) >= 11 is 0. The van der Waals surface area contributed by atoms with Gasteiger partial charge in [-0.1, -0.05) is 30.3 Å². The van der Waals surface area contributed by atoms with Gasteiger partial charge in [-0.2, -0.15) is 17.4 Å². The van der Waals surface area contributed by atoms with Crippen LogP contribution in [-0.4, -0.2) is 39.5 Å². The van der Waals surface area contributed by atoms with E-state index in [1.54, 1.807) is 0 Å². The second kappa shape index (κ2) is 6.41. The van der Waals surface area contributed by atoms with Gasteiger partial charge in [0.25, 0.3) is 10.2 Å². The van der Waals surface area contributed by atoms with Gasteiger partial charge in [0.15, 0.2) is 0 Å². The highest BCUT2D eigenvalue weighted by Gasteiger charge is 2.32. The highest BCUT2D eigenvalue weighted by atomic mass is 32.2. The van der Waals surface area contributed by atoms with E-state index in [9.17, 15) is 16.8 Å². The number of nitrogens with two attached hydrogens (primary N) is 1. The van der Waals surface area contributed by atoms with Gasteiger partial charge in [0, 0.05) is 19.6 Å². The fourth-order valence-corrected chi connectivity index (χ4v) is 4.35. The van der Waals surface area contributed by atoms with Gasteiger partial charge in [0.2, 0.25) is 10.0 Å². The molecule has 3 N–H and O–H groups in total. The summed E-state index contributed by atoms with van der Waals surface area (Å²) in [7, 11) is -7.19. The number of hydrogen-bond donors (Lipinski definition) is 2. The summed E-state index contributed by atoms with van der Waals surface area (Å²) in [6, 6.07) is 9.18. The molecule has 1 saturated heterocycles. The standard InChI is InChI=1S/C12H19N3O4S2/c13-20(16,17)12-6-8-15(9-7-12)21(18,19)14-10-11-4-2-1-3-5-11/h1-5,12,14H,6-10H2,(H2,13,16,17). The molecule has 118 valence electrons. The van der Waals surface area contributed by atoms with Gasteiger partial charge in [0.1, 0.15) is 0 Å². The minimum Gasteiger partial charge on any atom is -0.228 e. The average molecular weight is 333 g/mol. The monoisotopic (exact) mass is 333 g/mol. The molecule has 1 aromatic rings. The number of sulfonamides is 1. The average Bonchev–Trinajstić information content (AvgIpc) is 2.46. The lowest BCUT2D eigenvalue weighted by atomic mass is 10.2. The van der Waals surface area contributed by atoms with Crippen LogP contribution in [0.2, 0.25) is 0 Å². The molecule has 21 heavy (non-hydrogen) atoms. The van der Waals surface area contributed by atoms with Crippen LogP contribution in [0, 0.1) is 0 Å². The Bertz CT molecular complexity index is 666. The summed E-state index contributed by atoms with van der Waals surface area (Å²) < 4.78 is 50.6. The number of rotatable bonds is 5. The highest BCUT2D eigenvalue weighted by molar-refractivity contribution is 7.89. The van der Waals surface area contributed by atoms with Gasteiger partial charge < -0.3 is 0 Å². The number of primary sulfonamides is 1. The van der Waals surface area contributed by atoms with Crippen LogP contribution < -0.4 is 9.86 Å². The van der Waals surface area contributed by atoms with Crippen molar-refractivity contribution in [2.45, 2.75) is 24.6 Å². The normalized spacial score (nSPS) is 18.7. The molecule has 1 aliphatic heterocycles. The summed E-state index contributed by atoms with van der Waals surface area (Å²) in [6.07, 6.45) is 0.455. The fraction of sp³-hybridized carbons (Fsp3) is 0.500. The molecule has 0 aromatic heterocycles. The topological polar surface area (TPSA) is 110 Å². The molecule has 1 fully saturated rings. The zero-order valence-electron chi connectivity index (χ0n) is 11.5. The highest BCUT2D eigenvalue weighted by Crippen LogP contribution is 2.18. The van der Waals surface area contributed by atoms with Crippen LogP contribution in [0.15, 0.2) is 30.3 Å². The summed E-state index contributed by atoms with van der Waals surface area (Å²) in [4.78, 5) is 0. The van der Waals surface area contributed by atoms with E-state index >= 15 is 0 Å². The maximum atomic E-state index is 12.1. The first-order chi connectivity index (χ1) is 9.79. The van der Waals surface area contributed by atoms with E-state index in [0.29, 0.717) is 0 Å². The first-order valence-corrected chi connectivity index (χ1v) is 9.64. The molecule has 0 saturated carbocycles. The molecule has 2 rings (SSSR count). The zero-order chi connectivity index (χ0) is 15.5. The largest absolute Gasteiger partial charge is 0.279 e. The molecule has 0 radical (unpaired) electrons. The van der Waals surface area contributed by atoms with Crippen LogP contribution in [0.5, 0.6) is 0 Å². The minimum atomic E-state index is -3.60. The Hall–Kier alpha value is -1.00. The maximum absolute atomic E-state index is 12.1. The van der Waals surface area contributed by atoms with Crippen molar-refractivity contribution in [1.29, 1.82) is 0 Å². The molecular weight excluding hydrogens is 314 g/mol. The molecule has 1 aliphatic rings. The minimum absolute atomic E-state index is 0.158. The van der Waals surface area contributed by atoms with Gasteiger partial charge in [-0.15, -0.1) is 0 Å². The number of piperidine rings is 1. The molecule has 1 heterocycles. The Kier molecular flexibility index (Phi) is 4.99. The number of nitrogens with one attached hydrogen (secondary N) is 1. The van der Waals surface area contributed by atoms with E-state index in [1.807, 2.05) is 30.3 Å². The predicted octanol–water partition coefficient (Wildman–Crippen LogP) is -0.226. The van der Waals surface area contributed by atoms with Crippen molar-refractivity contribution >= 4 is 20.2 Å². The Labute approximate surface area is 125 Å². The number of hydrogen-bond acceptors (Lipinski definition) is 4. The molecule has 9 heteroatoms. The van der Waals surface area contributed by atoms with Crippen molar-refractivity contribution in [2.24, 2.45) is 5.14 Å². The SMILES string of the molecule is NS(=O)(=O)C1CCN(S(=O)(=O)NCc2ccccc2)CC1. The van der Waals surface area contributed by atoms with Crippen LogP contribution in [0.4, 0.5) is 0 Å². The summed E-state index contributed by atoms with van der Waals surface area (Å²) in [5, 5.41) is 4.43. The maximum Gasteiger partial charge on any atom is 0.279 e. The molecular formula is C12H19N3O4S2. The lowest BCUT2D eigenvalue weighted by Crippen LogP contribution is -2.48. The van der Waals surface area contributed by atoms with Crippen LogP contribution in [0.25, 0.3) is 0 Å². The van der Waals surface area contributed by atoms with Gasteiger partial charge >= 0.3 is 0 Å². The molecule has 0 spiro atoms. The van der Waals surface area contributed by atoms with Crippen molar-refractivity contribution in [3.63, 3.8) is 0 Å². The van der Waals surface area contributed by atoms with Crippen molar-refractivity contribution < 1.29 is 16.8 Å². The Morgan fingerprint density at radius 3 is 2.19 bits per heavy atom. The van der Waals surface area contributed by atoms with Gasteiger partial charge in [-0.25, -0.2) is 13.6 Å². The molecule has 0 bridgehead atoms. The first kappa shape index (κ1) is 16.4. The number of nitrogens with zero attached hydrogens (tertiary/aromatic N) is 1. The quantitative estimate of drug-likeness (QED) is 0.776. The van der Waals surface area contributed by atoms with Crippen molar-refractivity contribution in [1.82, 2.24) is 9.03 Å². The second-order valence-corrected chi connectivity index (χ2v) is 8.60. The van der Waals surface area contributed by atoms with Gasteiger partial charge in [-0.3, -0.25) is 0 Å². The predicted molar refractivity (Wildman–Crippen MR) is 79.9 cm³/mol. The van der Waals surface area contributed by atoms with E-state index in [2.05, 4.69) is 4.72 Å². The van der Waals surface area contributed by atoms with Crippen LogP contribution in [0.3, 0.4) is 0 Å². The third-order valence-corrected chi connectivity index (χ3v) is 6.46. The molecule has 0 atom stereocenters. The van der Waals surface area contributed by atoms with Gasteiger partial charge in [0.05, 0.1) is 5.25 Å².